The van der Waals surface area contributed by atoms with Gasteiger partial charge in [0.25, 0.3) is 0 Å². The van der Waals surface area contributed by atoms with Gasteiger partial charge in [0.15, 0.2) is 5.37 Å². The van der Waals surface area contributed by atoms with Gasteiger partial charge in [0.2, 0.25) is 0 Å². The zero-order valence-corrected chi connectivity index (χ0v) is 18.4. The molecule has 1 aliphatic carbocycles. The van der Waals surface area contributed by atoms with Crippen LogP contribution in [0.3, 0.4) is 0 Å². The zero-order chi connectivity index (χ0) is 20.5. The van der Waals surface area contributed by atoms with E-state index in [0.717, 1.165) is 54.7 Å². The number of ether oxygens (including phenoxy) is 1. The van der Waals surface area contributed by atoms with Crippen molar-refractivity contribution in [1.29, 1.82) is 0 Å². The molecule has 7 nitrogen and oxygen atoms in total. The molecule has 1 aliphatic rings. The summed E-state index contributed by atoms with van der Waals surface area (Å²) in [5.41, 5.74) is 1.65. The van der Waals surface area contributed by atoms with Gasteiger partial charge in [-0.1, -0.05) is 25.6 Å². The Kier molecular flexibility index (Phi) is 9.53. The maximum Gasteiger partial charge on any atom is 0.337 e. The fourth-order valence-electron chi connectivity index (χ4n) is 3.42. The number of urea groups is 1. The minimum Gasteiger partial charge on any atom is -0.479 e. The average molecular weight is 430 g/mol. The molecule has 1 aromatic rings. The normalized spacial score (nSPS) is 20.7. The summed E-state index contributed by atoms with van der Waals surface area (Å²) in [5, 5.41) is 11.2. The predicted octanol–water partition coefficient (Wildman–Crippen LogP) is 3.91. The molecule has 2 N–H and O–H groups in total. The molecule has 1 saturated carbocycles. The van der Waals surface area contributed by atoms with E-state index >= 15 is 0 Å². The molecule has 0 spiro atoms. The molecule has 1 fully saturated rings. The maximum absolute atomic E-state index is 13.0. The number of nitrogens with one attached hydrogen (secondary N) is 1. The molecule has 0 aliphatic heterocycles. The standard InChI is InChI=1S/C19H31N3O4S2/c1-13(2)8-9-22(15-6-4-14(5-7-15)11-26-3)19(25)21-17(18(23)24)28-16-10-20-12-27-16/h10,12-15,17H,4-9,11H2,1-3H3,(H,21,25)(H,23,24). The molecular formula is C19H31N3O4S2. The van der Waals surface area contributed by atoms with E-state index in [9.17, 15) is 14.7 Å². The summed E-state index contributed by atoms with van der Waals surface area (Å²) >= 11 is 2.47. The van der Waals surface area contributed by atoms with E-state index in [2.05, 4.69) is 24.1 Å². The summed E-state index contributed by atoms with van der Waals surface area (Å²) in [7, 11) is 1.72. The lowest BCUT2D eigenvalue weighted by Gasteiger charge is -2.37. The van der Waals surface area contributed by atoms with Crippen LogP contribution in [0.1, 0.15) is 46.0 Å². The Morgan fingerprint density at radius 3 is 2.64 bits per heavy atom. The molecule has 2 rings (SSSR count). The molecule has 28 heavy (non-hydrogen) atoms. The largest absolute Gasteiger partial charge is 0.479 e. The third-order valence-corrected chi connectivity index (χ3v) is 7.03. The number of thioether (sulfide) groups is 1. The number of carbonyl (C=O) groups is 2. The molecule has 0 aromatic carbocycles. The molecule has 9 heteroatoms. The number of hydrogen-bond donors (Lipinski definition) is 2. The van der Waals surface area contributed by atoms with Gasteiger partial charge in [-0.3, -0.25) is 4.98 Å². The number of hydrogen-bond acceptors (Lipinski definition) is 6. The maximum atomic E-state index is 13.0. The molecule has 158 valence electrons. The van der Waals surface area contributed by atoms with Gasteiger partial charge in [0.1, 0.15) is 0 Å². The van der Waals surface area contributed by atoms with Crippen LogP contribution in [0.4, 0.5) is 4.79 Å². The smallest absolute Gasteiger partial charge is 0.337 e. The second-order valence-electron chi connectivity index (χ2n) is 7.61. The zero-order valence-electron chi connectivity index (χ0n) is 16.8. The lowest BCUT2D eigenvalue weighted by atomic mass is 9.85. The van der Waals surface area contributed by atoms with Crippen molar-refractivity contribution in [2.24, 2.45) is 11.8 Å². The van der Waals surface area contributed by atoms with Gasteiger partial charge in [-0.25, -0.2) is 9.59 Å². The Balaban J connectivity index is 2.02. The quantitative estimate of drug-likeness (QED) is 0.433. The van der Waals surface area contributed by atoms with E-state index in [1.807, 2.05) is 4.90 Å². The van der Waals surface area contributed by atoms with Gasteiger partial charge in [-0.05, 0) is 43.9 Å². The number of carbonyl (C=O) groups excluding carboxylic acids is 1. The number of aliphatic carboxylic acids is 1. The second-order valence-corrected chi connectivity index (χ2v) is 9.90. The van der Waals surface area contributed by atoms with Crippen LogP contribution in [-0.4, -0.2) is 58.7 Å². The minimum absolute atomic E-state index is 0.148. The highest BCUT2D eigenvalue weighted by atomic mass is 32.2. The van der Waals surface area contributed by atoms with E-state index in [1.54, 1.807) is 18.8 Å². The SMILES string of the molecule is COCC1CCC(N(CCC(C)C)C(=O)NC(Sc2cncs2)C(=O)O)CC1. The fraction of sp³-hybridized carbons (Fsp3) is 0.737. The van der Waals surface area contributed by atoms with E-state index in [0.29, 0.717) is 18.4 Å². The molecule has 1 aromatic heterocycles. The fourth-order valence-corrected chi connectivity index (χ4v) is 5.02. The summed E-state index contributed by atoms with van der Waals surface area (Å²) < 4.78 is 6.03. The first-order chi connectivity index (χ1) is 13.4. The Bertz CT molecular complexity index is 604. The number of carboxylic acid groups (broad SMARTS) is 1. The Morgan fingerprint density at radius 1 is 1.39 bits per heavy atom. The van der Waals surface area contributed by atoms with Crippen molar-refractivity contribution < 1.29 is 19.4 Å². The van der Waals surface area contributed by atoms with Crippen LogP contribution in [0.5, 0.6) is 0 Å². The number of aromatic nitrogens is 1. The summed E-state index contributed by atoms with van der Waals surface area (Å²) in [6, 6.07) is -0.144. The highest BCUT2D eigenvalue weighted by Crippen LogP contribution is 2.29. The van der Waals surface area contributed by atoms with Crippen molar-refractivity contribution in [3.63, 3.8) is 0 Å². The van der Waals surface area contributed by atoms with Crippen molar-refractivity contribution in [3.8, 4) is 0 Å². The topological polar surface area (TPSA) is 91.8 Å². The van der Waals surface area contributed by atoms with Gasteiger partial charge < -0.3 is 20.1 Å². The van der Waals surface area contributed by atoms with Crippen molar-refractivity contribution in [1.82, 2.24) is 15.2 Å². The molecule has 0 radical (unpaired) electrons. The highest BCUT2D eigenvalue weighted by Gasteiger charge is 2.31. The van der Waals surface area contributed by atoms with E-state index in [1.165, 1.54) is 11.3 Å². The van der Waals surface area contributed by atoms with Crippen LogP contribution >= 0.6 is 23.1 Å². The molecule has 1 unspecified atom stereocenters. The number of amides is 2. The van der Waals surface area contributed by atoms with Crippen molar-refractivity contribution >= 4 is 35.1 Å². The Hall–Kier alpha value is -1.32. The third-order valence-electron chi connectivity index (χ3n) is 4.99. The molecule has 0 bridgehead atoms. The summed E-state index contributed by atoms with van der Waals surface area (Å²) in [4.78, 5) is 30.5. The first kappa shape index (κ1) is 23.0. The molecule has 1 atom stereocenters. The van der Waals surface area contributed by atoms with Crippen LogP contribution in [0.15, 0.2) is 15.9 Å². The van der Waals surface area contributed by atoms with Crippen LogP contribution < -0.4 is 5.32 Å². The lowest BCUT2D eigenvalue weighted by molar-refractivity contribution is -0.136. The first-order valence-electron chi connectivity index (χ1n) is 9.74. The van der Waals surface area contributed by atoms with Crippen molar-refractivity contribution in [2.45, 2.75) is 61.6 Å². The number of methoxy groups -OCH3 is 1. The van der Waals surface area contributed by atoms with E-state index in [-0.39, 0.29) is 12.1 Å². The number of carboxylic acids is 1. The van der Waals surface area contributed by atoms with Gasteiger partial charge in [0, 0.05) is 26.3 Å². The third kappa shape index (κ3) is 7.25. The summed E-state index contributed by atoms with van der Waals surface area (Å²) in [5.74, 6) is -0.0359. The molecular weight excluding hydrogens is 398 g/mol. The van der Waals surface area contributed by atoms with Gasteiger partial charge >= 0.3 is 12.0 Å². The van der Waals surface area contributed by atoms with Crippen molar-refractivity contribution in [2.75, 3.05) is 20.3 Å². The van der Waals surface area contributed by atoms with Gasteiger partial charge in [0.05, 0.1) is 15.9 Å². The number of rotatable bonds is 10. The van der Waals surface area contributed by atoms with Crippen LogP contribution in [0.25, 0.3) is 0 Å². The number of nitrogens with zero attached hydrogens (tertiary/aromatic N) is 2. The average Bonchev–Trinajstić information content (AvgIpc) is 3.15. The Morgan fingerprint density at radius 2 is 2.11 bits per heavy atom. The second kappa shape index (κ2) is 11.6. The van der Waals surface area contributed by atoms with E-state index < -0.39 is 11.3 Å². The van der Waals surface area contributed by atoms with Crippen LogP contribution in [-0.2, 0) is 9.53 Å². The van der Waals surface area contributed by atoms with Crippen LogP contribution in [0, 0.1) is 11.8 Å². The monoisotopic (exact) mass is 429 g/mol. The number of thiazole rings is 1. The molecule has 1 heterocycles. The van der Waals surface area contributed by atoms with Gasteiger partial charge in [-0.2, -0.15) is 0 Å². The summed E-state index contributed by atoms with van der Waals surface area (Å²) in [6.45, 7) is 5.66. The van der Waals surface area contributed by atoms with Crippen LogP contribution in [0.2, 0.25) is 0 Å². The van der Waals surface area contributed by atoms with Crippen molar-refractivity contribution in [3.05, 3.63) is 11.7 Å². The predicted molar refractivity (Wildman–Crippen MR) is 112 cm³/mol. The highest BCUT2D eigenvalue weighted by molar-refractivity contribution is 8.02. The Labute approximate surface area is 175 Å². The van der Waals surface area contributed by atoms with E-state index in [4.69, 9.17) is 4.74 Å². The lowest BCUT2D eigenvalue weighted by Crippen LogP contribution is -2.51. The van der Waals surface area contributed by atoms with Gasteiger partial charge in [-0.15, -0.1) is 11.3 Å². The first-order valence-corrected chi connectivity index (χ1v) is 11.5. The molecule has 2 amide bonds. The molecule has 0 saturated heterocycles. The summed E-state index contributed by atoms with van der Waals surface area (Å²) in [6.07, 6.45) is 6.43. The minimum atomic E-state index is -1.06.